The van der Waals surface area contributed by atoms with Gasteiger partial charge < -0.3 is 10.1 Å². The summed E-state index contributed by atoms with van der Waals surface area (Å²) in [6.07, 6.45) is 1.65. The van der Waals surface area contributed by atoms with E-state index in [0.717, 1.165) is 12.8 Å². The van der Waals surface area contributed by atoms with Crippen molar-refractivity contribution in [2.24, 2.45) is 0 Å². The number of ether oxygens (including phenoxy) is 1. The number of imide groups is 1. The lowest BCUT2D eigenvalue weighted by molar-refractivity contribution is 0.0526. The molecule has 1 aliphatic heterocycles. The highest BCUT2D eigenvalue weighted by Crippen LogP contribution is 2.35. The number of hydrogen-bond acceptors (Lipinski definition) is 5. The van der Waals surface area contributed by atoms with Crippen LogP contribution in [0.25, 0.3) is 0 Å². The number of carbonyl (C=O) groups excluding carboxylic acids is 4. The number of carbonyl (C=O) groups is 4. The second-order valence-corrected chi connectivity index (χ2v) is 6.69. The van der Waals surface area contributed by atoms with Crippen molar-refractivity contribution in [3.8, 4) is 0 Å². The Hall–Kier alpha value is -3.48. The summed E-state index contributed by atoms with van der Waals surface area (Å²) in [5.74, 6) is -1.68. The summed E-state index contributed by atoms with van der Waals surface area (Å²) in [7, 11) is 0. The summed E-state index contributed by atoms with van der Waals surface area (Å²) in [5, 5.41) is 2.68. The average molecular weight is 378 g/mol. The molecule has 1 aliphatic carbocycles. The van der Waals surface area contributed by atoms with Gasteiger partial charge in [0.25, 0.3) is 17.7 Å². The molecule has 7 heteroatoms. The standard InChI is InChI=1S/C21H18N2O5/c1-2-28-21(27)15-5-3-4-6-17(15)22-18(24)12-7-10-14-16(11-12)20(26)23(19(14)25)13-8-9-13/h3-7,10-11,13H,2,8-9H2,1H3,(H,22,24). The van der Waals surface area contributed by atoms with Crippen molar-refractivity contribution in [1.29, 1.82) is 0 Å². The molecule has 2 aromatic carbocycles. The van der Waals surface area contributed by atoms with Crippen LogP contribution in [0.1, 0.15) is 61.2 Å². The second-order valence-electron chi connectivity index (χ2n) is 6.69. The lowest BCUT2D eigenvalue weighted by Crippen LogP contribution is -2.31. The predicted octanol–water partition coefficient (Wildman–Crippen LogP) is 2.87. The maximum atomic E-state index is 12.7. The number of para-hydroxylation sites is 1. The normalized spacial score (nSPS) is 15.4. The van der Waals surface area contributed by atoms with Gasteiger partial charge in [0, 0.05) is 11.6 Å². The quantitative estimate of drug-likeness (QED) is 0.638. The van der Waals surface area contributed by atoms with Crippen LogP contribution in [0.3, 0.4) is 0 Å². The zero-order chi connectivity index (χ0) is 19.8. The third-order valence-electron chi connectivity index (χ3n) is 4.76. The number of nitrogens with zero attached hydrogens (tertiary/aromatic N) is 1. The summed E-state index contributed by atoms with van der Waals surface area (Å²) in [6, 6.07) is 10.9. The van der Waals surface area contributed by atoms with Gasteiger partial charge in [-0.2, -0.15) is 0 Å². The van der Waals surface area contributed by atoms with E-state index in [1.807, 2.05) is 0 Å². The maximum Gasteiger partial charge on any atom is 0.340 e. The van der Waals surface area contributed by atoms with E-state index in [9.17, 15) is 19.2 Å². The van der Waals surface area contributed by atoms with Crippen LogP contribution in [0, 0.1) is 0 Å². The van der Waals surface area contributed by atoms with Gasteiger partial charge in [-0.3, -0.25) is 19.3 Å². The van der Waals surface area contributed by atoms with Gasteiger partial charge in [0.1, 0.15) is 0 Å². The van der Waals surface area contributed by atoms with Crippen molar-refractivity contribution in [2.75, 3.05) is 11.9 Å². The van der Waals surface area contributed by atoms with Crippen LogP contribution in [0.2, 0.25) is 0 Å². The largest absolute Gasteiger partial charge is 0.462 e. The Kier molecular flexibility index (Phi) is 4.43. The molecule has 142 valence electrons. The molecule has 1 saturated carbocycles. The molecule has 0 atom stereocenters. The number of anilines is 1. The van der Waals surface area contributed by atoms with Crippen LogP contribution in [0.4, 0.5) is 5.69 Å². The lowest BCUT2D eigenvalue weighted by Gasteiger charge is -2.11. The van der Waals surface area contributed by atoms with Crippen molar-refractivity contribution in [3.63, 3.8) is 0 Å². The van der Waals surface area contributed by atoms with Gasteiger partial charge >= 0.3 is 5.97 Å². The van der Waals surface area contributed by atoms with Crippen LogP contribution >= 0.6 is 0 Å². The van der Waals surface area contributed by atoms with Crippen LogP contribution in [0.15, 0.2) is 42.5 Å². The van der Waals surface area contributed by atoms with Crippen LogP contribution in [-0.4, -0.2) is 41.2 Å². The van der Waals surface area contributed by atoms with Gasteiger partial charge in [-0.15, -0.1) is 0 Å². The molecule has 2 aromatic rings. The van der Waals surface area contributed by atoms with E-state index in [4.69, 9.17) is 4.74 Å². The Morgan fingerprint density at radius 3 is 2.50 bits per heavy atom. The Morgan fingerprint density at radius 1 is 1.07 bits per heavy atom. The minimum absolute atomic E-state index is 0.0267. The molecule has 1 fully saturated rings. The second kappa shape index (κ2) is 6.92. The fraction of sp³-hybridized carbons (Fsp3) is 0.238. The molecule has 0 radical (unpaired) electrons. The molecule has 1 heterocycles. The summed E-state index contributed by atoms with van der Waals surface area (Å²) in [4.78, 5) is 51.0. The van der Waals surface area contributed by atoms with Crippen molar-refractivity contribution < 1.29 is 23.9 Å². The topological polar surface area (TPSA) is 92.8 Å². The van der Waals surface area contributed by atoms with E-state index in [1.54, 1.807) is 31.2 Å². The van der Waals surface area contributed by atoms with Crippen LogP contribution in [0.5, 0.6) is 0 Å². The average Bonchev–Trinajstić information content (AvgIpc) is 3.49. The molecular formula is C21H18N2O5. The van der Waals surface area contributed by atoms with Crippen LogP contribution in [-0.2, 0) is 4.74 Å². The molecule has 0 saturated heterocycles. The monoisotopic (exact) mass is 378 g/mol. The van der Waals surface area contributed by atoms with E-state index in [2.05, 4.69) is 5.32 Å². The number of amides is 3. The van der Waals surface area contributed by atoms with Gasteiger partial charge in [0.15, 0.2) is 0 Å². The molecule has 0 aromatic heterocycles. The minimum atomic E-state index is -0.534. The van der Waals surface area contributed by atoms with Crippen molar-refractivity contribution in [3.05, 3.63) is 64.7 Å². The van der Waals surface area contributed by atoms with E-state index in [1.165, 1.54) is 23.1 Å². The van der Waals surface area contributed by atoms with E-state index < -0.39 is 11.9 Å². The molecule has 0 unspecified atom stereocenters. The fourth-order valence-corrected chi connectivity index (χ4v) is 3.24. The van der Waals surface area contributed by atoms with Gasteiger partial charge in [0.2, 0.25) is 0 Å². The highest BCUT2D eigenvalue weighted by Gasteiger charge is 2.44. The highest BCUT2D eigenvalue weighted by atomic mass is 16.5. The molecular weight excluding hydrogens is 360 g/mol. The molecule has 3 amide bonds. The Bertz CT molecular complexity index is 1010. The number of hydrogen-bond donors (Lipinski definition) is 1. The number of esters is 1. The highest BCUT2D eigenvalue weighted by molar-refractivity contribution is 6.22. The first-order chi connectivity index (χ1) is 13.5. The van der Waals surface area contributed by atoms with E-state index in [-0.39, 0.29) is 41.2 Å². The molecule has 0 bridgehead atoms. The third-order valence-corrected chi connectivity index (χ3v) is 4.76. The number of benzene rings is 2. The first kappa shape index (κ1) is 17.9. The van der Waals surface area contributed by atoms with Crippen molar-refractivity contribution in [2.45, 2.75) is 25.8 Å². The third kappa shape index (κ3) is 3.05. The fourth-order valence-electron chi connectivity index (χ4n) is 3.24. The molecule has 28 heavy (non-hydrogen) atoms. The zero-order valence-electron chi connectivity index (χ0n) is 15.2. The number of fused-ring (bicyclic) bond motifs is 1. The Labute approximate surface area is 161 Å². The molecule has 4 rings (SSSR count). The lowest BCUT2D eigenvalue weighted by atomic mass is 10.0. The van der Waals surface area contributed by atoms with Gasteiger partial charge in [0.05, 0.1) is 29.0 Å². The van der Waals surface area contributed by atoms with E-state index in [0.29, 0.717) is 11.3 Å². The van der Waals surface area contributed by atoms with Crippen molar-refractivity contribution >= 4 is 29.4 Å². The summed E-state index contributed by atoms with van der Waals surface area (Å²) < 4.78 is 5.00. The van der Waals surface area contributed by atoms with Gasteiger partial charge in [-0.25, -0.2) is 4.79 Å². The number of nitrogens with one attached hydrogen (secondary N) is 1. The summed E-state index contributed by atoms with van der Waals surface area (Å²) in [5.41, 5.74) is 1.35. The SMILES string of the molecule is CCOC(=O)c1ccccc1NC(=O)c1ccc2c(c1)C(=O)N(C1CC1)C2=O. The smallest absolute Gasteiger partial charge is 0.340 e. The number of rotatable bonds is 5. The molecule has 2 aliphatic rings. The minimum Gasteiger partial charge on any atom is -0.462 e. The summed E-state index contributed by atoms with van der Waals surface area (Å²) >= 11 is 0. The zero-order valence-corrected chi connectivity index (χ0v) is 15.2. The van der Waals surface area contributed by atoms with Crippen molar-refractivity contribution in [1.82, 2.24) is 4.90 Å². The van der Waals surface area contributed by atoms with Gasteiger partial charge in [-0.05, 0) is 50.1 Å². The maximum absolute atomic E-state index is 12.7. The molecule has 0 spiro atoms. The predicted molar refractivity (Wildman–Crippen MR) is 100 cm³/mol. The summed E-state index contributed by atoms with van der Waals surface area (Å²) in [6.45, 7) is 1.92. The Morgan fingerprint density at radius 2 is 1.79 bits per heavy atom. The first-order valence-corrected chi connectivity index (χ1v) is 9.10. The van der Waals surface area contributed by atoms with E-state index >= 15 is 0 Å². The molecule has 1 N–H and O–H groups in total. The first-order valence-electron chi connectivity index (χ1n) is 9.10. The van der Waals surface area contributed by atoms with Crippen LogP contribution < -0.4 is 5.32 Å². The molecule has 7 nitrogen and oxygen atoms in total. The Balaban J connectivity index is 1.59. The van der Waals surface area contributed by atoms with Gasteiger partial charge in [-0.1, -0.05) is 12.1 Å².